The molecule has 1 aliphatic carbocycles. The van der Waals surface area contributed by atoms with Gasteiger partial charge in [0.15, 0.2) is 0 Å². The smallest absolute Gasteiger partial charge is 0.0177 e. The Balaban J connectivity index is 1.93. The maximum atomic E-state index is 3.70. The Kier molecular flexibility index (Phi) is 5.05. The molecule has 1 fully saturated rings. The molecule has 17 heavy (non-hydrogen) atoms. The predicted octanol–water partition coefficient (Wildman–Crippen LogP) is 4.16. The van der Waals surface area contributed by atoms with Crippen LogP contribution >= 0.6 is 15.9 Å². The third-order valence-corrected chi connectivity index (χ3v) is 4.20. The van der Waals surface area contributed by atoms with Crippen molar-refractivity contribution in [1.82, 2.24) is 5.32 Å². The van der Waals surface area contributed by atoms with Gasteiger partial charge < -0.3 is 5.32 Å². The zero-order valence-corrected chi connectivity index (χ0v) is 12.2. The highest BCUT2D eigenvalue weighted by atomic mass is 79.9. The molecular weight excluding hydrogens is 274 g/mol. The molecule has 1 aliphatic rings. The van der Waals surface area contributed by atoms with E-state index in [-0.39, 0.29) is 0 Å². The van der Waals surface area contributed by atoms with Crippen LogP contribution < -0.4 is 5.32 Å². The van der Waals surface area contributed by atoms with Gasteiger partial charge in [-0.15, -0.1) is 0 Å². The van der Waals surface area contributed by atoms with Crippen molar-refractivity contribution in [2.75, 3.05) is 6.54 Å². The summed E-state index contributed by atoms with van der Waals surface area (Å²) in [5.74, 6) is 0.829. The zero-order chi connectivity index (χ0) is 12.1. The van der Waals surface area contributed by atoms with Crippen LogP contribution in [0.1, 0.15) is 38.2 Å². The first-order valence-electron chi connectivity index (χ1n) is 6.77. The Labute approximate surface area is 113 Å². The van der Waals surface area contributed by atoms with Gasteiger partial charge in [0.1, 0.15) is 0 Å². The maximum Gasteiger partial charge on any atom is 0.0177 e. The average Bonchev–Trinajstić information content (AvgIpc) is 2.74. The molecule has 2 heteroatoms. The molecular formula is C15H22BrN. The van der Waals surface area contributed by atoms with Crippen LogP contribution in [0, 0.1) is 5.92 Å². The number of nitrogens with one attached hydrogen (secondary N) is 1. The van der Waals surface area contributed by atoms with Gasteiger partial charge in [-0.05, 0) is 55.8 Å². The van der Waals surface area contributed by atoms with Crippen LogP contribution in [0.2, 0.25) is 0 Å². The Morgan fingerprint density at radius 2 is 2.24 bits per heavy atom. The molecule has 1 saturated carbocycles. The molecule has 1 nitrogen and oxygen atoms in total. The van der Waals surface area contributed by atoms with Crippen molar-refractivity contribution < 1.29 is 0 Å². The second-order valence-electron chi connectivity index (χ2n) is 5.09. The van der Waals surface area contributed by atoms with Crippen molar-refractivity contribution in [3.05, 3.63) is 34.3 Å². The fourth-order valence-electron chi connectivity index (χ4n) is 2.85. The average molecular weight is 296 g/mol. The van der Waals surface area contributed by atoms with E-state index in [4.69, 9.17) is 0 Å². The third kappa shape index (κ3) is 3.82. The normalized spacial score (nSPS) is 24.1. The largest absolute Gasteiger partial charge is 0.314 e. The predicted molar refractivity (Wildman–Crippen MR) is 77.3 cm³/mol. The minimum absolute atomic E-state index is 0.744. The summed E-state index contributed by atoms with van der Waals surface area (Å²) in [5.41, 5.74) is 1.47. The summed E-state index contributed by atoms with van der Waals surface area (Å²) in [4.78, 5) is 0. The molecule has 0 aliphatic heterocycles. The molecule has 0 radical (unpaired) electrons. The second-order valence-corrected chi connectivity index (χ2v) is 6.00. The molecule has 94 valence electrons. The summed E-state index contributed by atoms with van der Waals surface area (Å²) in [5, 5.41) is 3.70. The van der Waals surface area contributed by atoms with E-state index >= 15 is 0 Å². The molecule has 0 aromatic heterocycles. The molecule has 0 saturated heterocycles. The van der Waals surface area contributed by atoms with Gasteiger partial charge in [0.05, 0.1) is 0 Å². The Morgan fingerprint density at radius 3 is 3.00 bits per heavy atom. The first-order chi connectivity index (χ1) is 8.29. The molecule has 1 N–H and O–H groups in total. The van der Waals surface area contributed by atoms with Gasteiger partial charge in [-0.3, -0.25) is 0 Å². The van der Waals surface area contributed by atoms with Gasteiger partial charge in [-0.2, -0.15) is 0 Å². The topological polar surface area (TPSA) is 12.0 Å². The van der Waals surface area contributed by atoms with Crippen molar-refractivity contribution in [2.45, 2.75) is 45.1 Å². The Morgan fingerprint density at radius 1 is 1.35 bits per heavy atom. The summed E-state index contributed by atoms with van der Waals surface area (Å²) >= 11 is 3.55. The summed E-state index contributed by atoms with van der Waals surface area (Å²) in [6.07, 6.45) is 6.59. The van der Waals surface area contributed by atoms with E-state index in [1.54, 1.807) is 0 Å². The molecule has 2 atom stereocenters. The van der Waals surface area contributed by atoms with Crippen molar-refractivity contribution in [3.8, 4) is 0 Å². The number of hydrogen-bond donors (Lipinski definition) is 1. The highest BCUT2D eigenvalue weighted by molar-refractivity contribution is 9.10. The molecule has 0 spiro atoms. The highest BCUT2D eigenvalue weighted by Crippen LogP contribution is 2.29. The lowest BCUT2D eigenvalue weighted by Gasteiger charge is -2.21. The summed E-state index contributed by atoms with van der Waals surface area (Å²) < 4.78 is 1.20. The minimum atomic E-state index is 0.744. The van der Waals surface area contributed by atoms with Crippen molar-refractivity contribution in [3.63, 3.8) is 0 Å². The molecule has 0 heterocycles. The molecule has 2 rings (SSSR count). The zero-order valence-electron chi connectivity index (χ0n) is 10.6. The van der Waals surface area contributed by atoms with Gasteiger partial charge >= 0.3 is 0 Å². The SMILES string of the molecule is CCCNC1CCCC1Cc1cccc(Br)c1. The van der Waals surface area contributed by atoms with Crippen LogP contribution in [0.4, 0.5) is 0 Å². The quantitative estimate of drug-likeness (QED) is 0.860. The van der Waals surface area contributed by atoms with Crippen LogP contribution in [0.25, 0.3) is 0 Å². The number of halogens is 1. The lowest BCUT2D eigenvalue weighted by molar-refractivity contribution is 0.399. The number of rotatable bonds is 5. The number of benzene rings is 1. The lowest BCUT2D eigenvalue weighted by Crippen LogP contribution is -2.33. The number of hydrogen-bond acceptors (Lipinski definition) is 1. The van der Waals surface area contributed by atoms with Gasteiger partial charge in [0.25, 0.3) is 0 Å². The van der Waals surface area contributed by atoms with Crippen LogP contribution in [-0.4, -0.2) is 12.6 Å². The van der Waals surface area contributed by atoms with Gasteiger partial charge in [0.2, 0.25) is 0 Å². The third-order valence-electron chi connectivity index (χ3n) is 3.70. The van der Waals surface area contributed by atoms with Crippen molar-refractivity contribution in [2.24, 2.45) is 5.92 Å². The Hall–Kier alpha value is -0.340. The summed E-state index contributed by atoms with van der Waals surface area (Å²) in [6.45, 7) is 3.41. The first-order valence-corrected chi connectivity index (χ1v) is 7.56. The van der Waals surface area contributed by atoms with E-state index < -0.39 is 0 Å². The van der Waals surface area contributed by atoms with E-state index in [9.17, 15) is 0 Å². The summed E-state index contributed by atoms with van der Waals surface area (Å²) in [6, 6.07) is 9.50. The molecule has 2 unspecified atom stereocenters. The van der Waals surface area contributed by atoms with Crippen LogP contribution in [0.15, 0.2) is 28.7 Å². The lowest BCUT2D eigenvalue weighted by atomic mass is 9.94. The van der Waals surface area contributed by atoms with E-state index in [1.807, 2.05) is 0 Å². The summed E-state index contributed by atoms with van der Waals surface area (Å²) in [7, 11) is 0. The molecule has 0 amide bonds. The second kappa shape index (κ2) is 6.55. The molecule has 0 bridgehead atoms. The maximum absolute atomic E-state index is 3.70. The highest BCUT2D eigenvalue weighted by Gasteiger charge is 2.26. The molecule has 1 aromatic carbocycles. The monoisotopic (exact) mass is 295 g/mol. The Bertz CT molecular complexity index is 351. The van der Waals surface area contributed by atoms with E-state index in [2.05, 4.69) is 52.4 Å². The standard InChI is InChI=1S/C15H22BrN/c1-2-9-17-15-8-4-6-13(15)10-12-5-3-7-14(16)11-12/h3,5,7,11,13,15,17H,2,4,6,8-10H2,1H3. The minimum Gasteiger partial charge on any atom is -0.314 e. The van der Waals surface area contributed by atoms with Gasteiger partial charge in [-0.1, -0.05) is 41.4 Å². The molecule has 1 aromatic rings. The van der Waals surface area contributed by atoms with E-state index in [0.29, 0.717) is 0 Å². The van der Waals surface area contributed by atoms with Crippen LogP contribution in [-0.2, 0) is 6.42 Å². The van der Waals surface area contributed by atoms with Crippen molar-refractivity contribution in [1.29, 1.82) is 0 Å². The van der Waals surface area contributed by atoms with E-state index in [1.165, 1.54) is 48.7 Å². The van der Waals surface area contributed by atoms with Gasteiger partial charge in [-0.25, -0.2) is 0 Å². The van der Waals surface area contributed by atoms with E-state index in [0.717, 1.165) is 12.0 Å². The van der Waals surface area contributed by atoms with Crippen LogP contribution in [0.3, 0.4) is 0 Å². The van der Waals surface area contributed by atoms with Crippen LogP contribution in [0.5, 0.6) is 0 Å². The van der Waals surface area contributed by atoms with Crippen molar-refractivity contribution >= 4 is 15.9 Å². The first kappa shape index (κ1) is 13.1. The fourth-order valence-corrected chi connectivity index (χ4v) is 3.29. The fraction of sp³-hybridized carbons (Fsp3) is 0.600. The van der Waals surface area contributed by atoms with Gasteiger partial charge in [0, 0.05) is 10.5 Å².